The standard InChI is InChI=1S/C26H23N3O5/c1-15-24(16-8-10-20(31-2)22(12-16)32-3)25(28-19-7-5-4-6-18(19)27-15)29-26(30)17-9-11-21-23(13-17)34-14-33-21/h4-13,24H,14H2,1-3H3,(H,28,29,30)/t24-/m1/s1. The first kappa shape index (κ1) is 21.5. The molecule has 0 radical (unpaired) electrons. The number of nitrogens with one attached hydrogen (secondary N) is 1. The van der Waals surface area contributed by atoms with E-state index in [1.54, 1.807) is 32.4 Å². The highest BCUT2D eigenvalue weighted by Crippen LogP contribution is 2.37. The second-order valence-corrected chi connectivity index (χ2v) is 7.81. The molecule has 2 aliphatic heterocycles. The summed E-state index contributed by atoms with van der Waals surface area (Å²) in [6, 6.07) is 18.3. The van der Waals surface area contributed by atoms with Crippen LogP contribution in [0.25, 0.3) is 0 Å². The predicted octanol–water partition coefficient (Wildman–Crippen LogP) is 4.78. The molecule has 8 heteroatoms. The second-order valence-electron chi connectivity index (χ2n) is 7.81. The number of carbonyl (C=O) groups is 1. The molecule has 8 nitrogen and oxygen atoms in total. The van der Waals surface area contributed by atoms with E-state index in [9.17, 15) is 4.79 Å². The van der Waals surface area contributed by atoms with Crippen LogP contribution < -0.4 is 24.3 Å². The van der Waals surface area contributed by atoms with Gasteiger partial charge in [-0.05, 0) is 55.0 Å². The fourth-order valence-electron chi connectivity index (χ4n) is 4.06. The molecule has 1 N–H and O–H groups in total. The molecular formula is C26H23N3O5. The quantitative estimate of drug-likeness (QED) is 0.609. The first-order chi connectivity index (χ1) is 16.6. The Balaban J connectivity index is 1.57. The highest BCUT2D eigenvalue weighted by atomic mass is 16.7. The van der Waals surface area contributed by atoms with E-state index in [-0.39, 0.29) is 12.7 Å². The van der Waals surface area contributed by atoms with Crippen LogP contribution in [-0.2, 0) is 0 Å². The summed E-state index contributed by atoms with van der Waals surface area (Å²) in [5.74, 6) is 2.08. The smallest absolute Gasteiger partial charge is 0.256 e. The van der Waals surface area contributed by atoms with E-state index >= 15 is 0 Å². The summed E-state index contributed by atoms with van der Waals surface area (Å²) in [4.78, 5) is 22.9. The van der Waals surface area contributed by atoms with Gasteiger partial charge in [0.25, 0.3) is 5.91 Å². The van der Waals surface area contributed by atoms with Crippen molar-refractivity contribution in [1.29, 1.82) is 0 Å². The molecule has 0 spiro atoms. The molecule has 1 atom stereocenters. The molecule has 0 fully saturated rings. The lowest BCUT2D eigenvalue weighted by Gasteiger charge is -2.21. The van der Waals surface area contributed by atoms with Gasteiger partial charge in [0, 0.05) is 11.3 Å². The lowest BCUT2D eigenvalue weighted by molar-refractivity contribution is 0.0976. The number of fused-ring (bicyclic) bond motifs is 2. The number of hydrogen-bond acceptors (Lipinski definition) is 7. The summed E-state index contributed by atoms with van der Waals surface area (Å²) in [5, 5.41) is 3.01. The fourth-order valence-corrected chi connectivity index (χ4v) is 4.06. The average Bonchev–Trinajstić information content (AvgIpc) is 3.27. The Bertz CT molecular complexity index is 1330. The van der Waals surface area contributed by atoms with E-state index in [2.05, 4.69) is 5.32 Å². The molecule has 0 saturated carbocycles. The van der Waals surface area contributed by atoms with Crippen molar-refractivity contribution < 1.29 is 23.7 Å². The first-order valence-electron chi connectivity index (χ1n) is 10.7. The van der Waals surface area contributed by atoms with E-state index in [1.165, 1.54) is 0 Å². The summed E-state index contributed by atoms with van der Waals surface area (Å²) in [5.41, 5.74) is 3.48. The Hall–Kier alpha value is -4.33. The fraction of sp³-hybridized carbons (Fsp3) is 0.192. The number of amidine groups is 1. The normalized spacial score (nSPS) is 16.0. The minimum Gasteiger partial charge on any atom is -0.493 e. The number of benzene rings is 3. The topological polar surface area (TPSA) is 90.7 Å². The van der Waals surface area contributed by atoms with Gasteiger partial charge in [-0.1, -0.05) is 18.2 Å². The summed E-state index contributed by atoms with van der Waals surface area (Å²) in [6.07, 6.45) is 0. The molecule has 172 valence electrons. The van der Waals surface area contributed by atoms with E-state index < -0.39 is 5.92 Å². The van der Waals surface area contributed by atoms with Gasteiger partial charge in [0.1, 0.15) is 5.84 Å². The van der Waals surface area contributed by atoms with Crippen molar-refractivity contribution in [3.8, 4) is 23.0 Å². The Morgan fingerprint density at radius 1 is 0.912 bits per heavy atom. The molecule has 3 aromatic carbocycles. The monoisotopic (exact) mass is 457 g/mol. The molecule has 0 aromatic heterocycles. The molecular weight excluding hydrogens is 434 g/mol. The zero-order valence-electron chi connectivity index (χ0n) is 19.0. The maximum Gasteiger partial charge on any atom is 0.256 e. The van der Waals surface area contributed by atoms with Gasteiger partial charge in [0.05, 0.1) is 31.5 Å². The van der Waals surface area contributed by atoms with Gasteiger partial charge in [-0.2, -0.15) is 0 Å². The molecule has 0 bridgehead atoms. The molecule has 0 saturated heterocycles. The SMILES string of the molecule is COc1ccc([C@H]2C(C)=Nc3ccccc3N=C2NC(=O)c2ccc3c(c2)OCO3)cc1OC. The highest BCUT2D eigenvalue weighted by molar-refractivity contribution is 6.19. The molecule has 2 heterocycles. The number of nitrogens with zero attached hydrogens (tertiary/aromatic N) is 2. The van der Waals surface area contributed by atoms with Crippen LogP contribution in [0.3, 0.4) is 0 Å². The van der Waals surface area contributed by atoms with Crippen molar-refractivity contribution in [2.75, 3.05) is 21.0 Å². The summed E-state index contributed by atoms with van der Waals surface area (Å²) < 4.78 is 21.7. The Morgan fingerprint density at radius 3 is 2.41 bits per heavy atom. The number of carbonyl (C=O) groups excluding carboxylic acids is 1. The molecule has 1 amide bonds. The number of amides is 1. The second kappa shape index (κ2) is 8.90. The number of aliphatic imine (C=N–C) groups is 2. The molecule has 34 heavy (non-hydrogen) atoms. The lowest BCUT2D eigenvalue weighted by Crippen LogP contribution is -2.37. The van der Waals surface area contributed by atoms with Gasteiger partial charge in [-0.3, -0.25) is 9.79 Å². The van der Waals surface area contributed by atoms with Gasteiger partial charge in [-0.25, -0.2) is 4.99 Å². The zero-order valence-corrected chi connectivity index (χ0v) is 19.0. The molecule has 2 aliphatic rings. The minimum absolute atomic E-state index is 0.140. The number of hydrogen-bond donors (Lipinski definition) is 1. The van der Waals surface area contributed by atoms with Crippen LogP contribution in [-0.4, -0.2) is 38.5 Å². The van der Waals surface area contributed by atoms with Crippen molar-refractivity contribution in [3.63, 3.8) is 0 Å². The van der Waals surface area contributed by atoms with Gasteiger partial charge in [0.15, 0.2) is 23.0 Å². The van der Waals surface area contributed by atoms with Crippen molar-refractivity contribution >= 4 is 28.8 Å². The molecule has 5 rings (SSSR count). The van der Waals surface area contributed by atoms with Crippen LogP contribution in [0.4, 0.5) is 11.4 Å². The Morgan fingerprint density at radius 2 is 1.65 bits per heavy atom. The number of para-hydroxylation sites is 2. The van der Waals surface area contributed by atoms with Crippen LogP contribution >= 0.6 is 0 Å². The summed E-state index contributed by atoms with van der Waals surface area (Å²) >= 11 is 0. The molecule has 0 unspecified atom stereocenters. The maximum atomic E-state index is 13.3. The Kier molecular flexibility index (Phi) is 5.63. The van der Waals surface area contributed by atoms with Gasteiger partial charge in [-0.15, -0.1) is 0 Å². The third-order valence-corrected chi connectivity index (χ3v) is 5.73. The number of methoxy groups -OCH3 is 2. The third kappa shape index (κ3) is 3.94. The van der Waals surface area contributed by atoms with Crippen molar-refractivity contribution in [1.82, 2.24) is 5.32 Å². The summed E-state index contributed by atoms with van der Waals surface area (Å²) in [6.45, 7) is 2.06. The van der Waals surface area contributed by atoms with E-state index in [1.807, 2.05) is 49.4 Å². The van der Waals surface area contributed by atoms with Crippen molar-refractivity contribution in [3.05, 3.63) is 71.8 Å². The number of rotatable bonds is 4. The van der Waals surface area contributed by atoms with Gasteiger partial charge < -0.3 is 24.3 Å². The zero-order chi connectivity index (χ0) is 23.7. The number of ether oxygens (including phenoxy) is 4. The van der Waals surface area contributed by atoms with E-state index in [0.717, 1.165) is 17.0 Å². The maximum absolute atomic E-state index is 13.3. The largest absolute Gasteiger partial charge is 0.493 e. The minimum atomic E-state index is -0.412. The molecule has 3 aromatic rings. The lowest BCUT2D eigenvalue weighted by atomic mass is 9.92. The van der Waals surface area contributed by atoms with E-state index in [4.69, 9.17) is 28.9 Å². The van der Waals surface area contributed by atoms with Crippen molar-refractivity contribution in [2.45, 2.75) is 12.8 Å². The Labute approximate surface area is 196 Å². The van der Waals surface area contributed by atoms with Crippen LogP contribution in [0.15, 0.2) is 70.6 Å². The van der Waals surface area contributed by atoms with E-state index in [0.29, 0.717) is 40.1 Å². The van der Waals surface area contributed by atoms with Gasteiger partial charge >= 0.3 is 0 Å². The summed E-state index contributed by atoms with van der Waals surface area (Å²) in [7, 11) is 3.17. The average molecular weight is 457 g/mol. The van der Waals surface area contributed by atoms with Crippen LogP contribution in [0.2, 0.25) is 0 Å². The van der Waals surface area contributed by atoms with Crippen LogP contribution in [0, 0.1) is 0 Å². The molecule has 0 aliphatic carbocycles. The first-order valence-corrected chi connectivity index (χ1v) is 10.7. The highest BCUT2D eigenvalue weighted by Gasteiger charge is 2.28. The van der Waals surface area contributed by atoms with Crippen LogP contribution in [0.5, 0.6) is 23.0 Å². The predicted molar refractivity (Wildman–Crippen MR) is 129 cm³/mol. The van der Waals surface area contributed by atoms with Gasteiger partial charge in [0.2, 0.25) is 6.79 Å². The third-order valence-electron chi connectivity index (χ3n) is 5.73. The van der Waals surface area contributed by atoms with Crippen LogP contribution in [0.1, 0.15) is 28.8 Å². The van der Waals surface area contributed by atoms with Crippen molar-refractivity contribution in [2.24, 2.45) is 9.98 Å².